The van der Waals surface area contributed by atoms with Crippen molar-refractivity contribution < 1.29 is 13.5 Å². The maximum absolute atomic E-state index is 12.1. The molecule has 0 radical (unpaired) electrons. The quantitative estimate of drug-likeness (QED) is 0.873. The first-order chi connectivity index (χ1) is 9.08. The number of rotatable bonds is 5. The van der Waals surface area contributed by atoms with Gasteiger partial charge in [-0.25, -0.2) is 13.1 Å². The van der Waals surface area contributed by atoms with Crippen LogP contribution in [0.2, 0.25) is 0 Å². The number of hydrogen-bond acceptors (Lipinski definition) is 4. The predicted octanol–water partition coefficient (Wildman–Crippen LogP) is 1.95. The van der Waals surface area contributed by atoms with Crippen molar-refractivity contribution in [1.29, 1.82) is 0 Å². The van der Waals surface area contributed by atoms with Crippen LogP contribution in [0, 0.1) is 17.8 Å². The summed E-state index contributed by atoms with van der Waals surface area (Å²) >= 11 is 1.14. The molecule has 0 aromatic carbocycles. The highest BCUT2D eigenvalue weighted by Gasteiger charge is 2.39. The van der Waals surface area contributed by atoms with E-state index < -0.39 is 10.0 Å². The summed E-state index contributed by atoms with van der Waals surface area (Å²) in [5.74, 6) is 2.08. The minimum absolute atomic E-state index is 0.105. The Morgan fingerprint density at radius 2 is 2.16 bits per heavy atom. The number of sulfonamides is 1. The van der Waals surface area contributed by atoms with E-state index in [4.69, 9.17) is 5.11 Å². The Bertz CT molecular complexity index is 552. The molecule has 6 heteroatoms. The molecule has 0 amide bonds. The molecule has 1 aromatic rings. The van der Waals surface area contributed by atoms with Crippen LogP contribution in [0.5, 0.6) is 0 Å². The van der Waals surface area contributed by atoms with E-state index >= 15 is 0 Å². The highest BCUT2D eigenvalue weighted by atomic mass is 32.2. The molecule has 19 heavy (non-hydrogen) atoms. The SMILES string of the molecule is O=S(=O)(NCC1CC2CCC1C2)c1ccc(CO)s1. The van der Waals surface area contributed by atoms with E-state index in [1.807, 2.05) is 0 Å². The van der Waals surface area contributed by atoms with Gasteiger partial charge in [-0.3, -0.25) is 0 Å². The molecule has 106 valence electrons. The molecule has 3 rings (SSSR count). The van der Waals surface area contributed by atoms with E-state index in [2.05, 4.69) is 4.72 Å². The molecule has 1 aromatic heterocycles. The monoisotopic (exact) mass is 301 g/mol. The fourth-order valence-corrected chi connectivity index (χ4v) is 5.86. The fourth-order valence-electron chi connectivity index (χ4n) is 3.50. The largest absolute Gasteiger partial charge is 0.391 e. The van der Waals surface area contributed by atoms with Crippen LogP contribution in [0.1, 0.15) is 30.6 Å². The summed E-state index contributed by atoms with van der Waals surface area (Å²) in [4.78, 5) is 0.681. The first kappa shape index (κ1) is 13.5. The van der Waals surface area contributed by atoms with Crippen molar-refractivity contribution in [3.8, 4) is 0 Å². The number of fused-ring (bicyclic) bond motifs is 2. The van der Waals surface area contributed by atoms with E-state index in [0.717, 1.165) is 23.2 Å². The van der Waals surface area contributed by atoms with Crippen LogP contribution in [-0.4, -0.2) is 20.1 Å². The summed E-state index contributed by atoms with van der Waals surface area (Å²) < 4.78 is 27.3. The summed E-state index contributed by atoms with van der Waals surface area (Å²) in [6.07, 6.45) is 5.07. The Kier molecular flexibility index (Phi) is 3.68. The van der Waals surface area contributed by atoms with Gasteiger partial charge in [0.05, 0.1) is 6.61 Å². The van der Waals surface area contributed by atoms with Crippen molar-refractivity contribution in [2.75, 3.05) is 6.54 Å². The molecule has 4 nitrogen and oxygen atoms in total. The lowest BCUT2D eigenvalue weighted by Gasteiger charge is -2.21. The molecule has 1 heterocycles. The van der Waals surface area contributed by atoms with Gasteiger partial charge in [0, 0.05) is 11.4 Å². The first-order valence-corrected chi connectivity index (χ1v) is 9.07. The Morgan fingerprint density at radius 1 is 1.32 bits per heavy atom. The summed E-state index contributed by atoms with van der Waals surface area (Å²) in [6, 6.07) is 3.23. The highest BCUT2D eigenvalue weighted by Crippen LogP contribution is 2.48. The number of aliphatic hydroxyl groups excluding tert-OH is 1. The van der Waals surface area contributed by atoms with Gasteiger partial charge in [-0.15, -0.1) is 11.3 Å². The molecule has 3 atom stereocenters. The number of nitrogens with one attached hydrogen (secondary N) is 1. The second kappa shape index (κ2) is 5.16. The van der Waals surface area contributed by atoms with Gasteiger partial charge in [0.25, 0.3) is 0 Å². The van der Waals surface area contributed by atoms with Crippen LogP contribution in [0.15, 0.2) is 16.3 Å². The highest BCUT2D eigenvalue weighted by molar-refractivity contribution is 7.91. The maximum atomic E-state index is 12.1. The minimum Gasteiger partial charge on any atom is -0.391 e. The van der Waals surface area contributed by atoms with Crippen molar-refractivity contribution in [3.05, 3.63) is 17.0 Å². The third-order valence-corrected chi connectivity index (χ3v) is 7.46. The lowest BCUT2D eigenvalue weighted by atomic mass is 9.89. The second-order valence-electron chi connectivity index (χ2n) is 5.67. The zero-order valence-corrected chi connectivity index (χ0v) is 12.3. The first-order valence-electron chi connectivity index (χ1n) is 6.77. The molecule has 0 spiro atoms. The van der Waals surface area contributed by atoms with Gasteiger partial charge in [0.1, 0.15) is 4.21 Å². The Hall–Kier alpha value is -0.430. The minimum atomic E-state index is -3.40. The van der Waals surface area contributed by atoms with Crippen molar-refractivity contribution >= 4 is 21.4 Å². The fraction of sp³-hybridized carbons (Fsp3) is 0.692. The van der Waals surface area contributed by atoms with Gasteiger partial charge in [0.2, 0.25) is 10.0 Å². The Morgan fingerprint density at radius 3 is 2.74 bits per heavy atom. The predicted molar refractivity (Wildman–Crippen MR) is 74.4 cm³/mol. The lowest BCUT2D eigenvalue weighted by Crippen LogP contribution is -2.31. The molecular weight excluding hydrogens is 282 g/mol. The molecule has 2 bridgehead atoms. The van der Waals surface area contributed by atoms with Gasteiger partial charge in [-0.05, 0) is 49.1 Å². The van der Waals surface area contributed by atoms with Crippen LogP contribution in [0.3, 0.4) is 0 Å². The lowest BCUT2D eigenvalue weighted by molar-refractivity contribution is 0.285. The molecular formula is C13H19NO3S2. The molecule has 2 N–H and O–H groups in total. The third kappa shape index (κ3) is 2.72. The van der Waals surface area contributed by atoms with Crippen molar-refractivity contribution in [2.45, 2.75) is 36.5 Å². The van der Waals surface area contributed by atoms with Crippen LogP contribution in [-0.2, 0) is 16.6 Å². The van der Waals surface area contributed by atoms with Gasteiger partial charge in [-0.1, -0.05) is 6.42 Å². The zero-order valence-electron chi connectivity index (χ0n) is 10.7. The summed E-state index contributed by atoms with van der Waals surface area (Å²) in [5, 5.41) is 8.99. The van der Waals surface area contributed by atoms with Crippen LogP contribution in [0.4, 0.5) is 0 Å². The van der Waals surface area contributed by atoms with Gasteiger partial charge >= 0.3 is 0 Å². The van der Waals surface area contributed by atoms with Crippen molar-refractivity contribution in [2.24, 2.45) is 17.8 Å². The third-order valence-electron chi connectivity index (χ3n) is 4.48. The second-order valence-corrected chi connectivity index (χ2v) is 8.83. The molecule has 0 saturated heterocycles. The number of thiophene rings is 1. The standard InChI is InChI=1S/C13H19NO3S2/c15-8-12-3-4-13(18-12)19(16,17)14-7-11-6-9-1-2-10(11)5-9/h3-4,9-11,14-15H,1-2,5-8H2. The summed E-state index contributed by atoms with van der Waals surface area (Å²) in [5.41, 5.74) is 0. The number of aliphatic hydroxyl groups is 1. The van der Waals surface area contributed by atoms with E-state index in [1.54, 1.807) is 12.1 Å². The topological polar surface area (TPSA) is 66.4 Å². The Labute approximate surface area is 117 Å². The van der Waals surface area contributed by atoms with Gasteiger partial charge in [-0.2, -0.15) is 0 Å². The van der Waals surface area contributed by atoms with Crippen LogP contribution in [0.25, 0.3) is 0 Å². The summed E-state index contributed by atoms with van der Waals surface area (Å²) in [7, 11) is -3.40. The molecule has 3 unspecified atom stereocenters. The van der Waals surface area contributed by atoms with E-state index in [0.29, 0.717) is 21.5 Å². The maximum Gasteiger partial charge on any atom is 0.250 e. The average molecular weight is 301 g/mol. The molecule has 2 aliphatic rings. The van der Waals surface area contributed by atoms with E-state index in [-0.39, 0.29) is 6.61 Å². The average Bonchev–Trinajstić information content (AvgIpc) is 3.11. The zero-order chi connectivity index (χ0) is 13.5. The normalized spacial score (nSPS) is 30.1. The molecule has 2 aliphatic carbocycles. The Balaban J connectivity index is 1.62. The van der Waals surface area contributed by atoms with E-state index in [1.165, 1.54) is 25.7 Å². The molecule has 2 saturated carbocycles. The van der Waals surface area contributed by atoms with Gasteiger partial charge < -0.3 is 5.11 Å². The molecule has 2 fully saturated rings. The van der Waals surface area contributed by atoms with Crippen molar-refractivity contribution in [3.63, 3.8) is 0 Å². The van der Waals surface area contributed by atoms with Crippen molar-refractivity contribution in [1.82, 2.24) is 4.72 Å². The van der Waals surface area contributed by atoms with Crippen LogP contribution >= 0.6 is 11.3 Å². The number of hydrogen-bond donors (Lipinski definition) is 2. The van der Waals surface area contributed by atoms with Crippen LogP contribution < -0.4 is 4.72 Å². The smallest absolute Gasteiger partial charge is 0.250 e. The van der Waals surface area contributed by atoms with Gasteiger partial charge in [0.15, 0.2) is 0 Å². The molecule has 0 aliphatic heterocycles. The van der Waals surface area contributed by atoms with E-state index in [9.17, 15) is 8.42 Å². The summed E-state index contributed by atoms with van der Waals surface area (Å²) in [6.45, 7) is 0.461.